The van der Waals surface area contributed by atoms with Gasteiger partial charge in [-0.25, -0.2) is 4.21 Å². The smallest absolute Gasteiger partial charge is 0.235 e. The number of hydrogen-bond donors (Lipinski definition) is 2. The summed E-state index contributed by atoms with van der Waals surface area (Å²) in [4.78, 5) is 10.6. The van der Waals surface area contributed by atoms with Gasteiger partial charge < -0.3 is 10.3 Å². The lowest BCUT2D eigenvalue weighted by Gasteiger charge is -2.09. The number of nitrogens with two attached hydrogens (primary N) is 1. The van der Waals surface area contributed by atoms with Gasteiger partial charge in [0.15, 0.2) is 11.1 Å². The van der Waals surface area contributed by atoms with E-state index in [1.54, 1.807) is 0 Å². The molecule has 5 heteroatoms. The van der Waals surface area contributed by atoms with Crippen molar-refractivity contribution in [1.82, 2.24) is 0 Å². The normalized spacial score (nSPS) is 16.0. The molecule has 0 aromatic heterocycles. The van der Waals surface area contributed by atoms with Crippen LogP contribution < -0.4 is 5.73 Å². The Labute approximate surface area is 74.8 Å². The second-order valence-electron chi connectivity index (χ2n) is 2.96. The van der Waals surface area contributed by atoms with Gasteiger partial charge in [-0.1, -0.05) is 13.8 Å². The minimum absolute atomic E-state index is 0.357. The number of rotatable bonds is 5. The number of primary amides is 1. The van der Waals surface area contributed by atoms with Crippen LogP contribution >= 0.6 is 0 Å². The number of amides is 1. The summed E-state index contributed by atoms with van der Waals surface area (Å²) in [5.74, 6) is -0.396. The molecule has 0 aliphatic carbocycles. The van der Waals surface area contributed by atoms with E-state index in [1.165, 1.54) is 6.42 Å². The summed E-state index contributed by atoms with van der Waals surface area (Å²) in [7, 11) is 0. The molecule has 4 nitrogen and oxygen atoms in total. The van der Waals surface area contributed by atoms with Crippen LogP contribution in [-0.2, 0) is 15.9 Å². The van der Waals surface area contributed by atoms with Crippen LogP contribution in [0.15, 0.2) is 0 Å². The lowest BCUT2D eigenvalue weighted by Crippen LogP contribution is -2.32. The zero-order valence-electron chi connectivity index (χ0n) is 7.19. The van der Waals surface area contributed by atoms with Crippen molar-refractivity contribution in [1.29, 1.82) is 0 Å². The van der Waals surface area contributed by atoms with Crippen LogP contribution in [0.25, 0.3) is 0 Å². The summed E-state index contributed by atoms with van der Waals surface area (Å²) in [6.45, 7) is 3.91. The molecule has 2 atom stereocenters. The lowest BCUT2D eigenvalue weighted by atomic mass is 10.1. The van der Waals surface area contributed by atoms with Gasteiger partial charge in [-0.05, 0) is 18.8 Å². The largest absolute Gasteiger partial charge is 0.369 e. The van der Waals surface area contributed by atoms with Gasteiger partial charge in [-0.3, -0.25) is 4.79 Å². The monoisotopic (exact) mass is 192 g/mol. The van der Waals surface area contributed by atoms with Crippen molar-refractivity contribution in [2.75, 3.05) is 0 Å². The van der Waals surface area contributed by atoms with Crippen molar-refractivity contribution < 1.29 is 13.6 Å². The number of hydrogen-bond acceptors (Lipinski definition) is 2. The van der Waals surface area contributed by atoms with Gasteiger partial charge in [0, 0.05) is 0 Å². The second kappa shape index (κ2) is 5.27. The first kappa shape index (κ1) is 11.6. The summed E-state index contributed by atoms with van der Waals surface area (Å²) in [6, 6.07) is 0. The predicted octanol–water partition coefficient (Wildman–Crippen LogP) is 0.312. The fourth-order valence-corrected chi connectivity index (χ4v) is 1.17. The first-order chi connectivity index (χ1) is 5.45. The average molecular weight is 192 g/mol. The predicted molar refractivity (Wildman–Crippen MR) is 47.5 cm³/mol. The third kappa shape index (κ3) is 4.46. The zero-order chi connectivity index (χ0) is 9.72. The van der Waals surface area contributed by atoms with Crippen LogP contribution in [0.2, 0.25) is 0 Å². The van der Waals surface area contributed by atoms with E-state index in [-0.39, 0.29) is 0 Å². The van der Waals surface area contributed by atoms with Gasteiger partial charge in [0.05, 0.1) is 0 Å². The van der Waals surface area contributed by atoms with Crippen molar-refractivity contribution in [2.24, 2.45) is 11.7 Å². The quantitative estimate of drug-likeness (QED) is 0.615. The van der Waals surface area contributed by atoms with Gasteiger partial charge in [0.2, 0.25) is 5.91 Å². The highest BCUT2D eigenvalue weighted by Crippen LogP contribution is 2.08. The van der Waals surface area contributed by atoms with Gasteiger partial charge in [0.25, 0.3) is 0 Å². The third-order valence-electron chi connectivity index (χ3n) is 1.32. The van der Waals surface area contributed by atoms with E-state index >= 15 is 0 Å². The highest BCUT2D eigenvalue weighted by atomic mass is 32.2. The summed E-state index contributed by atoms with van der Waals surface area (Å²) < 4.78 is 19.2. The summed E-state index contributed by atoms with van der Waals surface area (Å²) >= 11 is -2.18. The molecule has 0 aliphatic heterocycles. The molecule has 1 radical (unpaired) electrons. The zero-order valence-corrected chi connectivity index (χ0v) is 8.00. The van der Waals surface area contributed by atoms with Gasteiger partial charge in [-0.2, -0.15) is 0 Å². The van der Waals surface area contributed by atoms with E-state index < -0.39 is 22.2 Å². The van der Waals surface area contributed by atoms with E-state index in [9.17, 15) is 9.00 Å². The van der Waals surface area contributed by atoms with Crippen LogP contribution in [0.3, 0.4) is 0 Å². The van der Waals surface area contributed by atoms with Crippen molar-refractivity contribution >= 4 is 17.0 Å². The first-order valence-corrected chi connectivity index (χ1v) is 4.84. The van der Waals surface area contributed by atoms with Gasteiger partial charge in [-0.15, -0.1) is 0 Å². The molecule has 0 bridgehead atoms. The Morgan fingerprint density at radius 1 is 1.67 bits per heavy atom. The maximum absolute atomic E-state index is 10.6. The Balaban J connectivity index is 3.97. The highest BCUT2D eigenvalue weighted by molar-refractivity contribution is 7.80. The number of carbonyl (C=O) groups is 1. The number of carbonyl (C=O) groups excluding carboxylic acids is 1. The fourth-order valence-electron chi connectivity index (χ4n) is 0.694. The molecule has 0 fully saturated rings. The molecule has 71 valence electrons. The maximum Gasteiger partial charge on any atom is 0.235 e. The minimum atomic E-state index is -2.18. The van der Waals surface area contributed by atoms with E-state index in [2.05, 4.69) is 0 Å². The van der Waals surface area contributed by atoms with Crippen LogP contribution in [0, 0.1) is 12.3 Å². The van der Waals surface area contributed by atoms with Crippen molar-refractivity contribution in [3.05, 3.63) is 6.42 Å². The van der Waals surface area contributed by atoms with Gasteiger partial charge in [0.1, 0.15) is 5.25 Å². The fraction of sp³-hybridized carbons (Fsp3) is 0.714. The van der Waals surface area contributed by atoms with Crippen LogP contribution in [0.4, 0.5) is 0 Å². The molecule has 0 aliphatic rings. The second-order valence-corrected chi connectivity index (χ2v) is 4.02. The molecule has 0 rings (SSSR count). The molecule has 3 N–H and O–H groups in total. The topological polar surface area (TPSA) is 80.4 Å². The summed E-state index contributed by atoms with van der Waals surface area (Å²) in [5.41, 5.74) is 4.90. The van der Waals surface area contributed by atoms with Crippen molar-refractivity contribution in [2.45, 2.75) is 25.5 Å². The average Bonchev–Trinajstić information content (AvgIpc) is 1.84. The highest BCUT2D eigenvalue weighted by Gasteiger charge is 2.21. The van der Waals surface area contributed by atoms with Crippen LogP contribution in [0.1, 0.15) is 20.3 Å². The Bertz CT molecular complexity index is 167. The van der Waals surface area contributed by atoms with E-state index in [0.717, 1.165) is 0 Å². The van der Waals surface area contributed by atoms with Crippen molar-refractivity contribution in [3.8, 4) is 0 Å². The van der Waals surface area contributed by atoms with Crippen LogP contribution in [-0.4, -0.2) is 19.9 Å². The SMILES string of the molecule is CC(C)C[CH]C(C(N)=O)S(=O)O. The standard InChI is InChI=1S/C7H14NO3S/c1-5(2)3-4-6(7(8)9)12(10)11/h4-6H,3H2,1-2H3,(H2,8,9)(H,10,11). The summed E-state index contributed by atoms with van der Waals surface area (Å²) in [6.07, 6.45) is 2.10. The summed E-state index contributed by atoms with van der Waals surface area (Å²) in [5, 5.41) is -1.03. The third-order valence-corrected chi connectivity index (χ3v) is 2.18. The Morgan fingerprint density at radius 3 is 2.42 bits per heavy atom. The molecular formula is C7H14NO3S. The Kier molecular flexibility index (Phi) is 5.08. The molecular weight excluding hydrogens is 178 g/mol. The lowest BCUT2D eigenvalue weighted by molar-refractivity contribution is -0.117. The molecule has 0 spiro atoms. The first-order valence-electron chi connectivity index (χ1n) is 3.67. The molecule has 0 aromatic carbocycles. The van der Waals surface area contributed by atoms with E-state index in [0.29, 0.717) is 12.3 Å². The van der Waals surface area contributed by atoms with E-state index in [1.807, 2.05) is 13.8 Å². The maximum atomic E-state index is 10.6. The van der Waals surface area contributed by atoms with E-state index in [4.69, 9.17) is 10.3 Å². The Morgan fingerprint density at radius 2 is 2.17 bits per heavy atom. The molecule has 2 unspecified atom stereocenters. The molecule has 12 heavy (non-hydrogen) atoms. The molecule has 0 aromatic rings. The van der Waals surface area contributed by atoms with Crippen LogP contribution in [0.5, 0.6) is 0 Å². The van der Waals surface area contributed by atoms with Crippen molar-refractivity contribution in [3.63, 3.8) is 0 Å². The van der Waals surface area contributed by atoms with Gasteiger partial charge >= 0.3 is 0 Å². The minimum Gasteiger partial charge on any atom is -0.369 e. The molecule has 0 saturated heterocycles. The molecule has 0 saturated carbocycles. The Hall–Kier alpha value is -0.420. The molecule has 0 heterocycles. The molecule has 1 amide bonds.